The maximum absolute atomic E-state index is 12.2. The second-order valence-corrected chi connectivity index (χ2v) is 5.59. The van der Waals surface area contributed by atoms with Crippen molar-refractivity contribution in [1.29, 1.82) is 0 Å². The molecule has 118 valence electrons. The smallest absolute Gasteiger partial charge is 0.349 e. The summed E-state index contributed by atoms with van der Waals surface area (Å²) in [5, 5.41) is 0.968. The lowest BCUT2D eigenvalue weighted by molar-refractivity contribution is 0.569. The van der Waals surface area contributed by atoms with Crippen LogP contribution in [0, 0.1) is 0 Å². The van der Waals surface area contributed by atoms with Crippen LogP contribution in [0.1, 0.15) is 12.5 Å². The number of rotatable bonds is 2. The van der Waals surface area contributed by atoms with E-state index in [0.29, 0.717) is 16.9 Å². The van der Waals surface area contributed by atoms with Gasteiger partial charge >= 0.3 is 5.63 Å². The predicted molar refractivity (Wildman–Crippen MR) is 94.8 cm³/mol. The fourth-order valence-electron chi connectivity index (χ4n) is 2.80. The molecule has 4 rings (SSSR count). The topological polar surface area (TPSA) is 82.0 Å². The monoisotopic (exact) mass is 317 g/mol. The molecule has 0 aliphatic rings. The SMILES string of the molecule is CCc1ccc(-c2nc(N)c3c(=O)oc4ccccc4c3n2)cc1. The highest BCUT2D eigenvalue weighted by molar-refractivity contribution is 6.05. The summed E-state index contributed by atoms with van der Waals surface area (Å²) in [6.07, 6.45) is 0.965. The second kappa shape index (κ2) is 5.45. The number of nitrogen functional groups attached to an aromatic ring is 1. The first-order valence-corrected chi connectivity index (χ1v) is 7.75. The minimum atomic E-state index is -0.519. The molecule has 4 aromatic rings. The van der Waals surface area contributed by atoms with Gasteiger partial charge in [-0.1, -0.05) is 43.3 Å². The van der Waals surface area contributed by atoms with Crippen LogP contribution < -0.4 is 11.4 Å². The summed E-state index contributed by atoms with van der Waals surface area (Å²) >= 11 is 0. The Balaban J connectivity index is 2.05. The van der Waals surface area contributed by atoms with Gasteiger partial charge in [0, 0.05) is 10.9 Å². The van der Waals surface area contributed by atoms with Crippen molar-refractivity contribution in [1.82, 2.24) is 9.97 Å². The first-order valence-electron chi connectivity index (χ1n) is 7.75. The lowest BCUT2D eigenvalue weighted by Crippen LogP contribution is -2.08. The number of para-hydroxylation sites is 1. The zero-order chi connectivity index (χ0) is 16.7. The molecule has 0 spiro atoms. The Bertz CT molecular complexity index is 1120. The Morgan fingerprint density at radius 3 is 2.54 bits per heavy atom. The summed E-state index contributed by atoms with van der Waals surface area (Å²) in [6, 6.07) is 15.3. The maximum atomic E-state index is 12.2. The van der Waals surface area contributed by atoms with Crippen LogP contribution in [-0.4, -0.2) is 9.97 Å². The van der Waals surface area contributed by atoms with Crippen molar-refractivity contribution in [3.05, 3.63) is 64.5 Å². The van der Waals surface area contributed by atoms with E-state index in [-0.39, 0.29) is 11.2 Å². The molecule has 0 atom stereocenters. The fraction of sp³-hybridized carbons (Fsp3) is 0.105. The standard InChI is InChI=1S/C19H15N3O2/c1-2-11-7-9-12(10-8-11)18-21-16-13-5-3-4-6-14(13)24-19(23)15(16)17(20)22-18/h3-10H,2H2,1H3,(H2,20,21,22). The lowest BCUT2D eigenvalue weighted by atomic mass is 10.1. The summed E-state index contributed by atoms with van der Waals surface area (Å²) in [4.78, 5) is 21.1. The molecule has 5 nitrogen and oxygen atoms in total. The van der Waals surface area contributed by atoms with Gasteiger partial charge in [-0.15, -0.1) is 0 Å². The number of hydrogen-bond acceptors (Lipinski definition) is 5. The Hall–Kier alpha value is -3.21. The van der Waals surface area contributed by atoms with E-state index in [1.165, 1.54) is 5.56 Å². The van der Waals surface area contributed by atoms with E-state index in [1.807, 2.05) is 42.5 Å². The number of benzene rings is 2. The molecule has 2 N–H and O–H groups in total. The van der Waals surface area contributed by atoms with Gasteiger partial charge in [0.1, 0.15) is 16.8 Å². The fourth-order valence-corrected chi connectivity index (χ4v) is 2.80. The van der Waals surface area contributed by atoms with Gasteiger partial charge in [-0.25, -0.2) is 14.8 Å². The average molecular weight is 317 g/mol. The molecule has 2 heterocycles. The van der Waals surface area contributed by atoms with Gasteiger partial charge in [0.25, 0.3) is 0 Å². The van der Waals surface area contributed by atoms with Gasteiger partial charge in [0.05, 0.1) is 5.52 Å². The Morgan fingerprint density at radius 1 is 1.04 bits per heavy atom. The zero-order valence-corrected chi connectivity index (χ0v) is 13.1. The third kappa shape index (κ3) is 2.22. The predicted octanol–water partition coefficient (Wildman–Crippen LogP) is 3.55. The maximum Gasteiger partial charge on any atom is 0.349 e. The summed E-state index contributed by atoms with van der Waals surface area (Å²) in [7, 11) is 0. The highest BCUT2D eigenvalue weighted by Crippen LogP contribution is 2.26. The summed E-state index contributed by atoms with van der Waals surface area (Å²) in [5.74, 6) is 0.632. The third-order valence-electron chi connectivity index (χ3n) is 4.11. The number of fused-ring (bicyclic) bond motifs is 3. The summed E-state index contributed by atoms with van der Waals surface area (Å²) in [5.41, 5.74) is 8.61. The minimum absolute atomic E-state index is 0.133. The number of anilines is 1. The number of aryl methyl sites for hydroxylation is 1. The molecule has 0 unspecified atom stereocenters. The van der Waals surface area contributed by atoms with Gasteiger partial charge in [0.2, 0.25) is 0 Å². The molecule has 0 radical (unpaired) electrons. The van der Waals surface area contributed by atoms with E-state index in [1.54, 1.807) is 6.07 Å². The first-order chi connectivity index (χ1) is 11.7. The largest absolute Gasteiger partial charge is 0.422 e. The molecule has 2 aromatic heterocycles. The normalized spacial score (nSPS) is 11.2. The Labute approximate surface area is 137 Å². The highest BCUT2D eigenvalue weighted by atomic mass is 16.4. The molecule has 24 heavy (non-hydrogen) atoms. The average Bonchev–Trinajstić information content (AvgIpc) is 2.61. The van der Waals surface area contributed by atoms with Crippen molar-refractivity contribution in [3.63, 3.8) is 0 Å². The molecule has 0 saturated carbocycles. The molecule has 0 amide bonds. The van der Waals surface area contributed by atoms with Gasteiger partial charge < -0.3 is 10.2 Å². The molecule has 2 aromatic carbocycles. The molecule has 0 aliphatic carbocycles. The molecule has 0 aliphatic heterocycles. The molecular formula is C19H15N3O2. The molecular weight excluding hydrogens is 302 g/mol. The van der Waals surface area contributed by atoms with Crippen LogP contribution in [0.25, 0.3) is 33.3 Å². The van der Waals surface area contributed by atoms with E-state index in [0.717, 1.165) is 17.4 Å². The van der Waals surface area contributed by atoms with Crippen LogP contribution in [-0.2, 0) is 6.42 Å². The van der Waals surface area contributed by atoms with Crippen LogP contribution in [0.5, 0.6) is 0 Å². The zero-order valence-electron chi connectivity index (χ0n) is 13.1. The molecule has 0 bridgehead atoms. The number of nitrogens with two attached hydrogens (primary N) is 1. The Morgan fingerprint density at radius 2 is 1.79 bits per heavy atom. The quantitative estimate of drug-likeness (QED) is 0.451. The number of nitrogens with zero attached hydrogens (tertiary/aromatic N) is 2. The second-order valence-electron chi connectivity index (χ2n) is 5.59. The molecule has 0 fully saturated rings. The van der Waals surface area contributed by atoms with E-state index >= 15 is 0 Å². The summed E-state index contributed by atoms with van der Waals surface area (Å²) in [6.45, 7) is 2.10. The van der Waals surface area contributed by atoms with Crippen LogP contribution >= 0.6 is 0 Å². The first kappa shape index (κ1) is 14.4. The lowest BCUT2D eigenvalue weighted by Gasteiger charge is -2.07. The minimum Gasteiger partial charge on any atom is -0.422 e. The van der Waals surface area contributed by atoms with Crippen molar-refractivity contribution in [2.45, 2.75) is 13.3 Å². The summed E-state index contributed by atoms with van der Waals surface area (Å²) < 4.78 is 5.32. The van der Waals surface area contributed by atoms with E-state index in [2.05, 4.69) is 16.9 Å². The van der Waals surface area contributed by atoms with Crippen molar-refractivity contribution < 1.29 is 4.42 Å². The van der Waals surface area contributed by atoms with Gasteiger partial charge in [-0.05, 0) is 24.1 Å². The Kier molecular flexibility index (Phi) is 3.27. The van der Waals surface area contributed by atoms with E-state index in [9.17, 15) is 4.79 Å². The van der Waals surface area contributed by atoms with Crippen molar-refractivity contribution in [2.75, 3.05) is 5.73 Å². The van der Waals surface area contributed by atoms with E-state index < -0.39 is 5.63 Å². The van der Waals surface area contributed by atoms with Crippen molar-refractivity contribution in [2.24, 2.45) is 0 Å². The highest BCUT2D eigenvalue weighted by Gasteiger charge is 2.15. The number of aromatic nitrogens is 2. The van der Waals surface area contributed by atoms with Crippen LogP contribution in [0.15, 0.2) is 57.7 Å². The third-order valence-corrected chi connectivity index (χ3v) is 4.11. The van der Waals surface area contributed by atoms with Crippen LogP contribution in [0.2, 0.25) is 0 Å². The van der Waals surface area contributed by atoms with Crippen LogP contribution in [0.3, 0.4) is 0 Å². The van der Waals surface area contributed by atoms with Gasteiger partial charge in [-0.3, -0.25) is 0 Å². The van der Waals surface area contributed by atoms with Gasteiger partial charge in [0.15, 0.2) is 5.82 Å². The van der Waals surface area contributed by atoms with Crippen molar-refractivity contribution >= 4 is 27.7 Å². The molecule has 0 saturated heterocycles. The molecule has 5 heteroatoms. The number of hydrogen-bond donors (Lipinski definition) is 1. The van der Waals surface area contributed by atoms with Crippen LogP contribution in [0.4, 0.5) is 5.82 Å². The van der Waals surface area contributed by atoms with Gasteiger partial charge in [-0.2, -0.15) is 0 Å². The van der Waals surface area contributed by atoms with E-state index in [4.69, 9.17) is 10.2 Å². The van der Waals surface area contributed by atoms with Crippen molar-refractivity contribution in [3.8, 4) is 11.4 Å².